The molecule has 9 heteroatoms. The minimum atomic E-state index is -4.01. The van der Waals surface area contributed by atoms with E-state index in [-0.39, 0.29) is 27.7 Å². The number of carboxylic acid groups (broad SMARTS) is 1. The standard InChI is InChI=1S/C16H16N2O6S/c1-10(19)17-14-9-13(6-7-15(14)24-2)25(22,23)18-12-5-3-4-11(8-12)16(20)21/h3-9,18H,1-2H3,(H,17,19)(H,20,21)/p-1. The van der Waals surface area contributed by atoms with Gasteiger partial charge in [0.25, 0.3) is 10.0 Å². The molecule has 2 rings (SSSR count). The quantitative estimate of drug-likeness (QED) is 0.783. The molecular weight excluding hydrogens is 348 g/mol. The summed E-state index contributed by atoms with van der Waals surface area (Å²) in [5.74, 6) is -1.51. The van der Waals surface area contributed by atoms with Gasteiger partial charge in [0, 0.05) is 12.6 Å². The van der Waals surface area contributed by atoms with E-state index in [4.69, 9.17) is 4.74 Å². The number of methoxy groups -OCH3 is 1. The smallest absolute Gasteiger partial charge is 0.261 e. The lowest BCUT2D eigenvalue weighted by molar-refractivity contribution is -0.255. The molecule has 0 unspecified atom stereocenters. The molecule has 1 amide bonds. The normalized spacial score (nSPS) is 10.8. The summed E-state index contributed by atoms with van der Waals surface area (Å²) in [6.45, 7) is 1.28. The molecule has 0 aliphatic heterocycles. The van der Waals surface area contributed by atoms with Crippen molar-refractivity contribution in [3.8, 4) is 5.75 Å². The third-order valence-electron chi connectivity index (χ3n) is 3.14. The van der Waals surface area contributed by atoms with Crippen LogP contribution in [0.4, 0.5) is 11.4 Å². The van der Waals surface area contributed by atoms with Gasteiger partial charge in [0.1, 0.15) is 5.75 Å². The van der Waals surface area contributed by atoms with Gasteiger partial charge < -0.3 is 20.0 Å². The fourth-order valence-corrected chi connectivity index (χ4v) is 3.14. The van der Waals surface area contributed by atoms with Crippen LogP contribution in [0, 0.1) is 0 Å². The van der Waals surface area contributed by atoms with Crippen molar-refractivity contribution < 1.29 is 27.9 Å². The largest absolute Gasteiger partial charge is 0.545 e. The van der Waals surface area contributed by atoms with Gasteiger partial charge in [-0.3, -0.25) is 9.52 Å². The van der Waals surface area contributed by atoms with Crippen LogP contribution in [0.15, 0.2) is 47.4 Å². The predicted octanol–water partition coefficient (Wildman–Crippen LogP) is 0.818. The number of benzene rings is 2. The molecule has 0 heterocycles. The second-order valence-electron chi connectivity index (χ2n) is 5.02. The van der Waals surface area contributed by atoms with Crippen molar-refractivity contribution >= 4 is 33.3 Å². The average Bonchev–Trinajstić information content (AvgIpc) is 2.54. The van der Waals surface area contributed by atoms with Crippen LogP contribution in [0.3, 0.4) is 0 Å². The fourth-order valence-electron chi connectivity index (χ4n) is 2.07. The highest BCUT2D eigenvalue weighted by Gasteiger charge is 2.17. The minimum absolute atomic E-state index is 0.0681. The Morgan fingerprint density at radius 3 is 2.44 bits per heavy atom. The average molecular weight is 363 g/mol. The Morgan fingerprint density at radius 2 is 1.84 bits per heavy atom. The molecule has 8 nitrogen and oxygen atoms in total. The number of nitrogens with one attached hydrogen (secondary N) is 2. The second kappa shape index (κ2) is 7.22. The molecule has 0 spiro atoms. The highest BCUT2D eigenvalue weighted by atomic mass is 32.2. The van der Waals surface area contributed by atoms with Gasteiger partial charge in [0.2, 0.25) is 5.91 Å². The first-order valence-corrected chi connectivity index (χ1v) is 8.51. The van der Waals surface area contributed by atoms with Crippen LogP contribution < -0.4 is 19.9 Å². The zero-order valence-corrected chi connectivity index (χ0v) is 14.2. The summed E-state index contributed by atoms with van der Waals surface area (Å²) in [6.07, 6.45) is 0. The summed E-state index contributed by atoms with van der Waals surface area (Å²) >= 11 is 0. The number of hydrogen-bond donors (Lipinski definition) is 2. The van der Waals surface area contributed by atoms with Gasteiger partial charge >= 0.3 is 0 Å². The van der Waals surface area contributed by atoms with Crippen molar-refractivity contribution in [2.45, 2.75) is 11.8 Å². The number of ether oxygens (including phenoxy) is 1. The maximum atomic E-state index is 12.5. The molecule has 132 valence electrons. The summed E-state index contributed by atoms with van der Waals surface area (Å²) in [7, 11) is -2.62. The monoisotopic (exact) mass is 363 g/mol. The van der Waals surface area contributed by atoms with Crippen LogP contribution in [0.1, 0.15) is 17.3 Å². The molecule has 0 radical (unpaired) electrons. The van der Waals surface area contributed by atoms with Crippen molar-refractivity contribution in [2.24, 2.45) is 0 Å². The van der Waals surface area contributed by atoms with Gasteiger partial charge in [0.05, 0.1) is 23.7 Å². The van der Waals surface area contributed by atoms with Crippen molar-refractivity contribution in [1.29, 1.82) is 0 Å². The number of carbonyl (C=O) groups is 2. The number of hydrogen-bond acceptors (Lipinski definition) is 6. The zero-order chi connectivity index (χ0) is 18.6. The maximum absolute atomic E-state index is 12.5. The summed E-state index contributed by atoms with van der Waals surface area (Å²) in [5, 5.41) is 13.3. The number of aromatic carboxylic acids is 1. The summed E-state index contributed by atoms with van der Waals surface area (Å²) in [4.78, 5) is 22.0. The topological polar surface area (TPSA) is 125 Å². The van der Waals surface area contributed by atoms with Gasteiger partial charge in [-0.2, -0.15) is 0 Å². The number of rotatable bonds is 6. The van der Waals surface area contributed by atoms with Crippen molar-refractivity contribution in [2.75, 3.05) is 17.1 Å². The Labute approximate surface area is 144 Å². The third-order valence-corrected chi connectivity index (χ3v) is 4.52. The molecule has 2 aromatic carbocycles. The van der Waals surface area contributed by atoms with E-state index in [2.05, 4.69) is 10.0 Å². The van der Waals surface area contributed by atoms with E-state index in [0.29, 0.717) is 5.75 Å². The molecule has 0 saturated heterocycles. The lowest BCUT2D eigenvalue weighted by atomic mass is 10.2. The van der Waals surface area contributed by atoms with E-state index in [1.165, 1.54) is 50.4 Å². The van der Waals surface area contributed by atoms with E-state index in [1.54, 1.807) is 0 Å². The third kappa shape index (κ3) is 4.48. The molecule has 25 heavy (non-hydrogen) atoms. The van der Waals surface area contributed by atoms with E-state index >= 15 is 0 Å². The van der Waals surface area contributed by atoms with Crippen LogP contribution in [-0.4, -0.2) is 27.4 Å². The first-order valence-electron chi connectivity index (χ1n) is 7.03. The predicted molar refractivity (Wildman–Crippen MR) is 88.9 cm³/mol. The molecule has 2 aromatic rings. The molecule has 2 N–H and O–H groups in total. The molecular formula is C16H15N2O6S-. The summed E-state index contributed by atoms with van der Waals surface area (Å²) in [6, 6.07) is 9.17. The molecule has 0 aromatic heterocycles. The second-order valence-corrected chi connectivity index (χ2v) is 6.70. The van der Waals surface area contributed by atoms with Gasteiger partial charge in [0.15, 0.2) is 0 Å². The van der Waals surface area contributed by atoms with Gasteiger partial charge in [-0.25, -0.2) is 8.42 Å². The first kappa shape index (κ1) is 18.3. The Morgan fingerprint density at radius 1 is 1.12 bits per heavy atom. The van der Waals surface area contributed by atoms with E-state index < -0.39 is 16.0 Å². The van der Waals surface area contributed by atoms with Crippen LogP contribution in [0.25, 0.3) is 0 Å². The Bertz CT molecular complexity index is 924. The Kier molecular flexibility index (Phi) is 5.28. The molecule has 0 fully saturated rings. The van der Waals surface area contributed by atoms with Crippen molar-refractivity contribution in [3.63, 3.8) is 0 Å². The van der Waals surface area contributed by atoms with Crippen LogP contribution >= 0.6 is 0 Å². The Balaban J connectivity index is 2.37. The lowest BCUT2D eigenvalue weighted by Crippen LogP contribution is -2.22. The number of anilines is 2. The summed E-state index contributed by atoms with van der Waals surface area (Å²) in [5.41, 5.74) is 0.105. The van der Waals surface area contributed by atoms with Gasteiger partial charge in [-0.15, -0.1) is 0 Å². The minimum Gasteiger partial charge on any atom is -0.545 e. The molecule has 0 atom stereocenters. The van der Waals surface area contributed by atoms with E-state index in [9.17, 15) is 23.1 Å². The van der Waals surface area contributed by atoms with Crippen molar-refractivity contribution in [3.05, 3.63) is 48.0 Å². The highest BCUT2D eigenvalue weighted by Crippen LogP contribution is 2.28. The molecule has 0 aliphatic rings. The fraction of sp³-hybridized carbons (Fsp3) is 0.125. The van der Waals surface area contributed by atoms with Crippen molar-refractivity contribution in [1.82, 2.24) is 0 Å². The molecule has 0 saturated carbocycles. The number of carbonyl (C=O) groups excluding carboxylic acids is 2. The molecule has 0 aliphatic carbocycles. The maximum Gasteiger partial charge on any atom is 0.261 e. The highest BCUT2D eigenvalue weighted by molar-refractivity contribution is 7.92. The number of carboxylic acids is 1. The Hall–Kier alpha value is -3.07. The SMILES string of the molecule is COc1ccc(S(=O)(=O)Nc2cccc(C(=O)[O-])c2)cc1NC(C)=O. The lowest BCUT2D eigenvalue weighted by Gasteiger charge is -2.13. The van der Waals surface area contributed by atoms with E-state index in [0.717, 1.165) is 6.07 Å². The van der Waals surface area contributed by atoms with E-state index in [1.807, 2.05) is 0 Å². The van der Waals surface area contributed by atoms with Gasteiger partial charge in [-0.1, -0.05) is 12.1 Å². The van der Waals surface area contributed by atoms with Crippen LogP contribution in [0.2, 0.25) is 0 Å². The number of amides is 1. The number of sulfonamides is 1. The van der Waals surface area contributed by atoms with Crippen LogP contribution in [-0.2, 0) is 14.8 Å². The molecule has 0 bridgehead atoms. The summed E-state index contributed by atoms with van der Waals surface area (Å²) < 4.78 is 32.3. The van der Waals surface area contributed by atoms with Gasteiger partial charge in [-0.05, 0) is 35.9 Å². The first-order chi connectivity index (χ1) is 11.7. The zero-order valence-electron chi connectivity index (χ0n) is 13.4. The van der Waals surface area contributed by atoms with Crippen LogP contribution in [0.5, 0.6) is 5.75 Å².